The minimum atomic E-state index is -1.23. The number of carbonyl (C=O) groups excluding carboxylic acids is 2. The Balaban J connectivity index is 1.17. The second-order valence-electron chi connectivity index (χ2n) is 13.2. The van der Waals surface area contributed by atoms with Gasteiger partial charge in [-0.25, -0.2) is 14.7 Å². The van der Waals surface area contributed by atoms with Crippen molar-refractivity contribution < 1.29 is 38.3 Å². The molecular weight excluding hydrogens is 698 g/mol. The zero-order chi connectivity index (χ0) is 38.7. The number of imidazole rings is 1. The van der Waals surface area contributed by atoms with Crippen LogP contribution in [0.2, 0.25) is 0 Å². The van der Waals surface area contributed by atoms with Gasteiger partial charge < -0.3 is 29.0 Å². The quantitative estimate of drug-likeness (QED) is 0.0264. The highest BCUT2D eigenvalue weighted by Crippen LogP contribution is 2.31. The van der Waals surface area contributed by atoms with Crippen molar-refractivity contribution in [2.24, 2.45) is 5.28 Å². The third kappa shape index (κ3) is 9.99. The number of aromatic amines is 1. The lowest BCUT2D eigenvalue weighted by Crippen LogP contribution is -2.42. The first kappa shape index (κ1) is 39.0. The number of hydrazine groups is 1. The van der Waals surface area contributed by atoms with Crippen LogP contribution in [0.4, 0.5) is 4.79 Å². The molecule has 54 heavy (non-hydrogen) atoms. The van der Waals surface area contributed by atoms with Crippen molar-refractivity contribution in [1.82, 2.24) is 35.2 Å². The van der Waals surface area contributed by atoms with Crippen LogP contribution in [-0.2, 0) is 25.6 Å². The molecule has 1 atom stereocenters. The van der Waals surface area contributed by atoms with Crippen LogP contribution in [0.15, 0.2) is 72.0 Å². The van der Waals surface area contributed by atoms with Gasteiger partial charge in [0, 0.05) is 12.5 Å². The Kier molecular flexibility index (Phi) is 13.0. The van der Waals surface area contributed by atoms with E-state index in [1.165, 1.54) is 11.9 Å². The number of aromatic nitrogens is 6. The first-order chi connectivity index (χ1) is 26.0. The molecule has 17 heteroatoms. The number of fused-ring (bicyclic) bond motifs is 1. The Morgan fingerprint density at radius 2 is 1.72 bits per heavy atom. The molecule has 0 aliphatic heterocycles. The van der Waals surface area contributed by atoms with Gasteiger partial charge in [-0.05, 0) is 86.2 Å². The molecule has 0 spiro atoms. The summed E-state index contributed by atoms with van der Waals surface area (Å²) in [5.74, 6) is -0.146. The number of ether oxygens (including phenoxy) is 4. The molecule has 5 aromatic rings. The summed E-state index contributed by atoms with van der Waals surface area (Å²) in [5, 5.41) is 31.1. The monoisotopic (exact) mass is 743 g/mol. The smallest absolute Gasteiger partial charge is 0.511 e. The number of para-hydroxylation sites is 1. The Labute approximate surface area is 312 Å². The van der Waals surface area contributed by atoms with E-state index in [0.717, 1.165) is 22.3 Å². The number of unbranched alkanes of at least 4 members (excludes halogenated alkanes) is 2. The fraction of sp³-hybridized carbons (Fsp3) is 0.405. The summed E-state index contributed by atoms with van der Waals surface area (Å²) in [6, 6.07) is 21.3. The first-order valence-corrected chi connectivity index (χ1v) is 17.6. The molecule has 2 aromatic heterocycles. The number of hydrogen-bond donors (Lipinski definition) is 1. The van der Waals surface area contributed by atoms with Gasteiger partial charge in [-0.15, -0.1) is 10.1 Å². The maximum absolute atomic E-state index is 13.5. The molecule has 5 rings (SSSR count). The molecule has 286 valence electrons. The summed E-state index contributed by atoms with van der Waals surface area (Å²) in [7, 11) is 1.62. The minimum Gasteiger partial charge on any atom is -0.569 e. The van der Waals surface area contributed by atoms with Crippen LogP contribution >= 0.6 is 0 Å². The molecule has 2 heterocycles. The standard InChI is InChI=1S/C37H45N9O8/c1-7-50-35-38-31-17-13-16-30(34(47)53-25(2)54-36(48)51-22-11-8-12-23-52-43-46(49)44(6)37(3,4)5)32(31)45(35)24-26-18-20-27(21-19-26)28-14-9-10-15-29(28)33-39-41-42-40-33/h9-10,13-21,25H,7-8,11-12,22-24H2,1-6H3,(H,39,40,41,42)/b46-43-. The van der Waals surface area contributed by atoms with E-state index in [9.17, 15) is 14.8 Å². The third-order valence-electron chi connectivity index (χ3n) is 8.35. The second-order valence-corrected chi connectivity index (χ2v) is 13.2. The molecule has 0 amide bonds. The van der Waals surface area contributed by atoms with Crippen LogP contribution in [0, 0.1) is 5.21 Å². The van der Waals surface area contributed by atoms with Gasteiger partial charge in [-0.1, -0.05) is 54.6 Å². The van der Waals surface area contributed by atoms with E-state index in [4.69, 9.17) is 23.8 Å². The first-order valence-electron chi connectivity index (χ1n) is 17.6. The fourth-order valence-corrected chi connectivity index (χ4v) is 5.31. The SMILES string of the molecule is CCOc1nc2cccc(C(=O)OC(C)OC(=O)OCCCCCO/N=[N+](\[O-])N(C)C(C)(C)C)c2n1Cc1ccc(-c2ccccc2-c2nnn[nH]2)cc1. The molecule has 0 aliphatic rings. The number of nitrogens with one attached hydrogen (secondary N) is 1. The molecule has 0 fully saturated rings. The van der Waals surface area contributed by atoms with E-state index in [1.807, 2.05) is 80.8 Å². The van der Waals surface area contributed by atoms with Crippen LogP contribution in [0.5, 0.6) is 6.01 Å². The van der Waals surface area contributed by atoms with Crippen molar-refractivity contribution in [3.05, 3.63) is 83.1 Å². The van der Waals surface area contributed by atoms with Crippen molar-refractivity contribution in [3.63, 3.8) is 0 Å². The Morgan fingerprint density at radius 3 is 2.43 bits per heavy atom. The average Bonchev–Trinajstić information content (AvgIpc) is 3.81. The Bertz CT molecular complexity index is 2030. The van der Waals surface area contributed by atoms with E-state index in [0.29, 0.717) is 60.3 Å². The maximum atomic E-state index is 13.5. The number of tetrazole rings is 1. The summed E-state index contributed by atoms with van der Waals surface area (Å²) in [6.07, 6.45) is -0.428. The highest BCUT2D eigenvalue weighted by Gasteiger charge is 2.25. The minimum absolute atomic E-state index is 0.0855. The zero-order valence-electron chi connectivity index (χ0n) is 31.2. The molecule has 0 saturated carbocycles. The molecule has 0 radical (unpaired) electrons. The van der Waals surface area contributed by atoms with Crippen molar-refractivity contribution >= 4 is 23.2 Å². The molecule has 1 unspecified atom stereocenters. The van der Waals surface area contributed by atoms with Gasteiger partial charge >= 0.3 is 12.1 Å². The summed E-state index contributed by atoms with van der Waals surface area (Å²) >= 11 is 0. The predicted molar refractivity (Wildman–Crippen MR) is 196 cm³/mol. The van der Waals surface area contributed by atoms with Gasteiger partial charge in [0.2, 0.25) is 11.6 Å². The Hall–Kier alpha value is -6.26. The number of benzene rings is 3. The lowest BCUT2D eigenvalue weighted by atomic mass is 9.98. The van der Waals surface area contributed by atoms with E-state index >= 15 is 0 Å². The van der Waals surface area contributed by atoms with Gasteiger partial charge in [-0.2, -0.15) is 4.98 Å². The average molecular weight is 744 g/mol. The van der Waals surface area contributed by atoms with Gasteiger partial charge in [0.1, 0.15) is 6.61 Å². The summed E-state index contributed by atoms with van der Waals surface area (Å²) < 4.78 is 23.5. The van der Waals surface area contributed by atoms with Crippen molar-refractivity contribution in [2.75, 3.05) is 26.9 Å². The molecule has 17 nitrogen and oxygen atoms in total. The van der Waals surface area contributed by atoms with Crippen molar-refractivity contribution in [1.29, 1.82) is 0 Å². The topological polar surface area (TPSA) is 194 Å². The van der Waals surface area contributed by atoms with Gasteiger partial charge in [0.15, 0.2) is 5.82 Å². The van der Waals surface area contributed by atoms with Gasteiger partial charge in [0.25, 0.3) is 6.01 Å². The van der Waals surface area contributed by atoms with Crippen molar-refractivity contribution in [2.45, 2.75) is 72.3 Å². The number of rotatable bonds is 17. The van der Waals surface area contributed by atoms with Crippen LogP contribution in [0.25, 0.3) is 33.5 Å². The van der Waals surface area contributed by atoms with E-state index in [-0.39, 0.29) is 18.8 Å². The van der Waals surface area contributed by atoms with Crippen LogP contribution in [0.3, 0.4) is 0 Å². The fourth-order valence-electron chi connectivity index (χ4n) is 5.31. The lowest BCUT2D eigenvalue weighted by Gasteiger charge is -2.26. The number of H-pyrrole nitrogens is 1. The maximum Gasteiger partial charge on any atom is 0.511 e. The third-order valence-corrected chi connectivity index (χ3v) is 8.35. The molecule has 0 bridgehead atoms. The number of esters is 1. The lowest BCUT2D eigenvalue weighted by molar-refractivity contribution is -0.719. The number of hydrogen-bond acceptors (Lipinski definition) is 13. The predicted octanol–water partition coefficient (Wildman–Crippen LogP) is 6.70. The molecule has 3 aromatic carbocycles. The summed E-state index contributed by atoms with van der Waals surface area (Å²) in [5.41, 5.74) is 4.60. The molecule has 1 N–H and O–H groups in total. The van der Waals surface area contributed by atoms with E-state index < -0.39 is 24.0 Å². The zero-order valence-corrected chi connectivity index (χ0v) is 31.2. The molecule has 0 saturated heterocycles. The van der Waals surface area contributed by atoms with Gasteiger partial charge in [-0.3, -0.25) is 4.57 Å². The highest BCUT2D eigenvalue weighted by molar-refractivity contribution is 6.02. The van der Waals surface area contributed by atoms with E-state index in [2.05, 4.69) is 30.9 Å². The van der Waals surface area contributed by atoms with Crippen molar-refractivity contribution in [3.8, 4) is 28.5 Å². The summed E-state index contributed by atoms with van der Waals surface area (Å²) in [4.78, 5) is 35.9. The summed E-state index contributed by atoms with van der Waals surface area (Å²) in [6.45, 7) is 9.95. The van der Waals surface area contributed by atoms with Crippen LogP contribution in [-0.4, -0.2) is 91.0 Å². The van der Waals surface area contributed by atoms with Crippen LogP contribution in [0.1, 0.15) is 69.8 Å². The molecule has 0 aliphatic carbocycles. The van der Waals surface area contributed by atoms with E-state index in [1.54, 1.807) is 25.2 Å². The van der Waals surface area contributed by atoms with Gasteiger partial charge in [0.05, 0.1) is 53.9 Å². The second kappa shape index (κ2) is 18.0. The normalized spacial score (nSPS) is 12.3. The van der Waals surface area contributed by atoms with Crippen LogP contribution < -0.4 is 4.74 Å². The Morgan fingerprint density at radius 1 is 0.981 bits per heavy atom. The highest BCUT2D eigenvalue weighted by atomic mass is 16.8. The molecular formula is C37H45N9O8. The number of carbonyl (C=O) groups is 2. The number of nitrogens with zero attached hydrogens (tertiary/aromatic N) is 8. The largest absolute Gasteiger partial charge is 0.569 e.